The van der Waals surface area contributed by atoms with Gasteiger partial charge in [0.05, 0.1) is 17.9 Å². The van der Waals surface area contributed by atoms with E-state index in [2.05, 4.69) is 10.6 Å². The number of ether oxygens (including phenoxy) is 1. The van der Waals surface area contributed by atoms with Crippen molar-refractivity contribution in [2.24, 2.45) is 11.8 Å². The summed E-state index contributed by atoms with van der Waals surface area (Å²) < 4.78 is 5.04. The Bertz CT molecular complexity index is 686. The Morgan fingerprint density at radius 3 is 2.11 bits per heavy atom. The maximum atomic E-state index is 12.6. The zero-order valence-corrected chi connectivity index (χ0v) is 16.6. The van der Waals surface area contributed by atoms with Crippen molar-refractivity contribution in [3.05, 3.63) is 29.8 Å². The van der Waals surface area contributed by atoms with Crippen LogP contribution in [0.3, 0.4) is 0 Å². The maximum absolute atomic E-state index is 12.6. The molecule has 1 aliphatic rings. The molecule has 0 spiro atoms. The molecule has 0 atom stereocenters. The van der Waals surface area contributed by atoms with Crippen molar-refractivity contribution in [2.75, 3.05) is 11.9 Å². The molecule has 0 aromatic heterocycles. The third-order valence-corrected chi connectivity index (χ3v) is 4.65. The molecule has 0 saturated heterocycles. The van der Waals surface area contributed by atoms with E-state index in [-0.39, 0.29) is 35.8 Å². The molecule has 2 amide bonds. The Balaban J connectivity index is 1.94. The molecule has 2 rings (SSSR count). The quantitative estimate of drug-likeness (QED) is 0.772. The van der Waals surface area contributed by atoms with E-state index in [9.17, 15) is 14.4 Å². The summed E-state index contributed by atoms with van der Waals surface area (Å²) in [5.41, 5.74) is 0.571. The highest BCUT2D eigenvalue weighted by Crippen LogP contribution is 2.30. The van der Waals surface area contributed by atoms with Crippen molar-refractivity contribution in [1.29, 1.82) is 0 Å². The largest absolute Gasteiger partial charge is 0.462 e. The Labute approximate surface area is 161 Å². The lowest BCUT2D eigenvalue weighted by Crippen LogP contribution is -2.45. The molecule has 1 fully saturated rings. The minimum Gasteiger partial charge on any atom is -0.462 e. The molecule has 1 aromatic rings. The molecule has 0 unspecified atom stereocenters. The first-order valence-electron chi connectivity index (χ1n) is 9.60. The summed E-state index contributed by atoms with van der Waals surface area (Å²) in [6.45, 7) is 7.91. The second-order valence-electron chi connectivity index (χ2n) is 8.04. The third kappa shape index (κ3) is 6.08. The van der Waals surface area contributed by atoms with Crippen molar-refractivity contribution < 1.29 is 19.1 Å². The van der Waals surface area contributed by atoms with Crippen LogP contribution in [-0.2, 0) is 14.3 Å². The summed E-state index contributed by atoms with van der Waals surface area (Å²) >= 11 is 0. The fourth-order valence-electron chi connectivity index (χ4n) is 3.30. The number of carbonyl (C=O) groups excluding carboxylic acids is 3. The molecule has 1 aromatic carbocycles. The first-order chi connectivity index (χ1) is 12.7. The number of carbonyl (C=O) groups is 3. The van der Waals surface area contributed by atoms with Gasteiger partial charge in [0.1, 0.15) is 0 Å². The lowest BCUT2D eigenvalue weighted by Gasteiger charge is -2.30. The van der Waals surface area contributed by atoms with Crippen molar-refractivity contribution >= 4 is 23.5 Å². The summed E-state index contributed by atoms with van der Waals surface area (Å²) in [5, 5.41) is 5.88. The molecule has 2 N–H and O–H groups in total. The Morgan fingerprint density at radius 1 is 1.00 bits per heavy atom. The van der Waals surface area contributed by atoms with Crippen molar-refractivity contribution in [3.63, 3.8) is 0 Å². The van der Waals surface area contributed by atoms with E-state index in [0.29, 0.717) is 36.9 Å². The maximum Gasteiger partial charge on any atom is 0.340 e. The van der Waals surface area contributed by atoms with Gasteiger partial charge in [0.25, 0.3) is 0 Å². The van der Waals surface area contributed by atoms with Gasteiger partial charge in [0, 0.05) is 17.4 Å². The number of hydrogen-bond donors (Lipinski definition) is 2. The highest BCUT2D eigenvalue weighted by atomic mass is 16.5. The van der Waals surface area contributed by atoms with E-state index in [0.717, 1.165) is 0 Å². The fourth-order valence-corrected chi connectivity index (χ4v) is 3.30. The number of rotatable bonds is 5. The summed E-state index contributed by atoms with van der Waals surface area (Å²) in [5.74, 6) is -0.689. The van der Waals surface area contributed by atoms with E-state index in [1.807, 2.05) is 20.8 Å². The zero-order chi connectivity index (χ0) is 20.0. The van der Waals surface area contributed by atoms with Crippen molar-refractivity contribution in [3.8, 4) is 0 Å². The van der Waals surface area contributed by atoms with E-state index in [4.69, 9.17) is 4.74 Å². The van der Waals surface area contributed by atoms with E-state index in [1.165, 1.54) is 0 Å². The molecule has 6 heteroatoms. The first-order valence-corrected chi connectivity index (χ1v) is 9.60. The molecule has 1 aliphatic carbocycles. The van der Waals surface area contributed by atoms with Gasteiger partial charge in [-0.1, -0.05) is 12.1 Å². The summed E-state index contributed by atoms with van der Waals surface area (Å²) in [6, 6.07) is 6.85. The minimum absolute atomic E-state index is 0.0416. The molecule has 0 radical (unpaired) electrons. The number of hydrogen-bond acceptors (Lipinski definition) is 4. The van der Waals surface area contributed by atoms with Gasteiger partial charge >= 0.3 is 5.97 Å². The van der Waals surface area contributed by atoms with E-state index in [1.54, 1.807) is 31.2 Å². The number of para-hydroxylation sites is 1. The molecule has 6 nitrogen and oxygen atoms in total. The van der Waals surface area contributed by atoms with Crippen LogP contribution < -0.4 is 10.6 Å². The molecular weight excluding hydrogens is 344 g/mol. The summed E-state index contributed by atoms with van der Waals surface area (Å²) in [4.78, 5) is 37.0. The predicted molar refractivity (Wildman–Crippen MR) is 104 cm³/mol. The predicted octanol–water partition coefficient (Wildman–Crippen LogP) is 3.52. The van der Waals surface area contributed by atoms with Crippen molar-refractivity contribution in [2.45, 2.75) is 58.9 Å². The van der Waals surface area contributed by atoms with Gasteiger partial charge in [-0.25, -0.2) is 4.79 Å². The van der Waals surface area contributed by atoms with Crippen LogP contribution in [-0.4, -0.2) is 29.9 Å². The van der Waals surface area contributed by atoms with Crippen LogP contribution in [0.5, 0.6) is 0 Å². The van der Waals surface area contributed by atoms with Crippen LogP contribution in [0.1, 0.15) is 63.7 Å². The van der Waals surface area contributed by atoms with Crippen LogP contribution in [0, 0.1) is 11.8 Å². The first kappa shape index (κ1) is 20.9. The average Bonchev–Trinajstić information content (AvgIpc) is 2.61. The second-order valence-corrected chi connectivity index (χ2v) is 8.04. The number of esters is 1. The third-order valence-electron chi connectivity index (χ3n) is 4.65. The van der Waals surface area contributed by atoms with Crippen LogP contribution in [0.2, 0.25) is 0 Å². The van der Waals surface area contributed by atoms with Crippen LogP contribution in [0.4, 0.5) is 5.69 Å². The fraction of sp³-hybridized carbons (Fsp3) is 0.571. The number of anilines is 1. The topological polar surface area (TPSA) is 84.5 Å². The smallest absolute Gasteiger partial charge is 0.340 e. The lowest BCUT2D eigenvalue weighted by atomic mass is 9.80. The van der Waals surface area contributed by atoms with Gasteiger partial charge in [0.15, 0.2) is 0 Å². The van der Waals surface area contributed by atoms with Crippen LogP contribution in [0.15, 0.2) is 24.3 Å². The van der Waals surface area contributed by atoms with Gasteiger partial charge in [0.2, 0.25) is 11.8 Å². The Morgan fingerprint density at radius 2 is 1.56 bits per heavy atom. The molecule has 27 heavy (non-hydrogen) atoms. The van der Waals surface area contributed by atoms with Gasteiger partial charge in [-0.3, -0.25) is 9.59 Å². The molecule has 0 aliphatic heterocycles. The minimum atomic E-state index is -0.448. The summed E-state index contributed by atoms with van der Waals surface area (Å²) in [7, 11) is 0. The highest BCUT2D eigenvalue weighted by molar-refractivity contribution is 6.01. The van der Waals surface area contributed by atoms with Crippen LogP contribution in [0.25, 0.3) is 0 Å². The molecule has 0 heterocycles. The van der Waals surface area contributed by atoms with Crippen LogP contribution >= 0.6 is 0 Å². The molecule has 148 valence electrons. The van der Waals surface area contributed by atoms with Gasteiger partial charge in [-0.2, -0.15) is 0 Å². The number of benzene rings is 1. The number of nitrogens with one attached hydrogen (secondary N) is 2. The van der Waals surface area contributed by atoms with E-state index >= 15 is 0 Å². The Kier molecular flexibility index (Phi) is 6.99. The zero-order valence-electron chi connectivity index (χ0n) is 16.6. The molecular formula is C21H30N2O4. The molecule has 1 saturated carbocycles. The van der Waals surface area contributed by atoms with E-state index < -0.39 is 5.97 Å². The van der Waals surface area contributed by atoms with Gasteiger partial charge < -0.3 is 15.4 Å². The standard InChI is InChI=1S/C21H30N2O4/c1-5-27-20(26)16-8-6-7-9-17(16)22-18(24)14-10-12-15(13-11-14)19(25)23-21(2,3)4/h6-9,14-15H,5,10-13H2,1-4H3,(H,22,24)(H,23,25). The monoisotopic (exact) mass is 374 g/mol. The number of amides is 2. The normalized spacial score (nSPS) is 19.9. The second kappa shape index (κ2) is 9.02. The highest BCUT2D eigenvalue weighted by Gasteiger charge is 2.31. The Hall–Kier alpha value is -2.37. The summed E-state index contributed by atoms with van der Waals surface area (Å²) in [6.07, 6.45) is 2.71. The average molecular weight is 374 g/mol. The SMILES string of the molecule is CCOC(=O)c1ccccc1NC(=O)C1CCC(C(=O)NC(C)(C)C)CC1. The van der Waals surface area contributed by atoms with Crippen molar-refractivity contribution in [1.82, 2.24) is 5.32 Å². The van der Waals surface area contributed by atoms with Gasteiger partial charge in [-0.15, -0.1) is 0 Å². The molecule has 0 bridgehead atoms. The van der Waals surface area contributed by atoms with Gasteiger partial charge in [-0.05, 0) is 65.5 Å². The lowest BCUT2D eigenvalue weighted by molar-refractivity contribution is -0.129.